The number of allylic oxidation sites excluding steroid dienone is 1. The third kappa shape index (κ3) is 1.42. The molecule has 0 heterocycles. The van der Waals surface area contributed by atoms with E-state index in [1.54, 1.807) is 6.08 Å². The Morgan fingerprint density at radius 3 is 2.58 bits per heavy atom. The van der Waals surface area contributed by atoms with Gasteiger partial charge >= 0.3 is 0 Å². The van der Waals surface area contributed by atoms with Gasteiger partial charge in [-0.1, -0.05) is 19.4 Å². The molecule has 1 unspecified atom stereocenters. The van der Waals surface area contributed by atoms with Gasteiger partial charge in [0, 0.05) is 16.7 Å². The molecule has 5 heteroatoms. The summed E-state index contributed by atoms with van der Waals surface area (Å²) < 4.78 is 0. The van der Waals surface area contributed by atoms with Crippen LogP contribution in [0, 0.1) is 34.0 Å². The monoisotopic (exact) mass is 358 g/mol. The largest absolute Gasteiger partial charge is 0.388 e. The van der Waals surface area contributed by atoms with Gasteiger partial charge in [0.25, 0.3) is 0 Å². The number of hydrogen-bond donors (Lipinski definition) is 2. The summed E-state index contributed by atoms with van der Waals surface area (Å²) >= 11 is 0. The van der Waals surface area contributed by atoms with Gasteiger partial charge < -0.3 is 10.2 Å². The molecule has 0 bridgehead atoms. The maximum atomic E-state index is 12.7. The highest BCUT2D eigenvalue weighted by Crippen LogP contribution is 2.86. The predicted octanol–water partition coefficient (Wildman–Crippen LogP) is 1.60. The molecule has 26 heavy (non-hydrogen) atoms. The summed E-state index contributed by atoms with van der Waals surface area (Å²) in [5.74, 6) is -0.840. The molecule has 0 aromatic carbocycles. The number of fused-ring (bicyclic) bond motifs is 2. The Kier molecular flexibility index (Phi) is 2.95. The first-order valence-corrected chi connectivity index (χ1v) is 9.84. The Morgan fingerprint density at radius 2 is 1.88 bits per heavy atom. The second-order valence-corrected chi connectivity index (χ2v) is 9.72. The van der Waals surface area contributed by atoms with Crippen molar-refractivity contribution in [3.63, 3.8) is 0 Å². The van der Waals surface area contributed by atoms with Crippen molar-refractivity contribution in [2.45, 2.75) is 58.0 Å². The van der Waals surface area contributed by atoms with Crippen molar-refractivity contribution in [2.24, 2.45) is 34.0 Å². The zero-order valence-electron chi connectivity index (χ0n) is 15.4. The third-order valence-electron chi connectivity index (χ3n) is 9.57. The Bertz CT molecular complexity index is 798. The minimum atomic E-state index is -1.47. The van der Waals surface area contributed by atoms with Crippen LogP contribution in [-0.4, -0.2) is 39.8 Å². The average molecular weight is 358 g/mol. The lowest BCUT2D eigenvalue weighted by molar-refractivity contribution is -0.163. The first kappa shape index (κ1) is 16.8. The van der Waals surface area contributed by atoms with Crippen LogP contribution in [0.4, 0.5) is 0 Å². The van der Waals surface area contributed by atoms with Crippen LogP contribution in [0.2, 0.25) is 0 Å². The summed E-state index contributed by atoms with van der Waals surface area (Å²) in [5, 5.41) is 20.6. The van der Waals surface area contributed by atoms with Crippen LogP contribution in [0.25, 0.3) is 0 Å². The number of carbonyl (C=O) groups is 3. The fraction of sp³-hybridized carbons (Fsp3) is 0.762. The van der Waals surface area contributed by atoms with E-state index in [2.05, 4.69) is 6.92 Å². The summed E-state index contributed by atoms with van der Waals surface area (Å²) in [6.45, 7) is 3.52. The van der Waals surface area contributed by atoms with Crippen LogP contribution in [0.5, 0.6) is 0 Å². The summed E-state index contributed by atoms with van der Waals surface area (Å²) in [6, 6.07) is 0. The third-order valence-corrected chi connectivity index (χ3v) is 9.57. The molecule has 140 valence electrons. The molecule has 0 amide bonds. The van der Waals surface area contributed by atoms with Gasteiger partial charge in [-0.3, -0.25) is 14.4 Å². The van der Waals surface area contributed by atoms with Gasteiger partial charge in [0.05, 0.1) is 0 Å². The van der Waals surface area contributed by atoms with Crippen molar-refractivity contribution in [1.82, 2.24) is 0 Å². The van der Waals surface area contributed by atoms with Gasteiger partial charge in [-0.15, -0.1) is 0 Å². The van der Waals surface area contributed by atoms with Crippen molar-refractivity contribution < 1.29 is 24.6 Å². The molecule has 4 fully saturated rings. The van der Waals surface area contributed by atoms with Gasteiger partial charge in [-0.05, 0) is 61.9 Å². The smallest absolute Gasteiger partial charge is 0.221 e. The van der Waals surface area contributed by atoms with E-state index in [9.17, 15) is 24.6 Å². The standard InChI is InChI=1S/C21H26O5/c1-18-7-8-20-13(12(18)5-6-21(18,26)15(24)10-22)4-3-11-9-14(23)16(25)17(20)19(11,20)2/h9,12-13,17,22,26H,3-8,10H2,1-2H3/t12-,13-,17?,18-,19+,20-,21-/m0/s1. The highest BCUT2D eigenvalue weighted by molar-refractivity contribution is 6.44. The van der Waals surface area contributed by atoms with Crippen LogP contribution in [0.15, 0.2) is 11.6 Å². The van der Waals surface area contributed by atoms with E-state index in [0.717, 1.165) is 31.3 Å². The summed E-state index contributed by atoms with van der Waals surface area (Å²) in [7, 11) is 0. The van der Waals surface area contributed by atoms with Crippen molar-refractivity contribution in [2.75, 3.05) is 6.61 Å². The van der Waals surface area contributed by atoms with Gasteiger partial charge in [-0.25, -0.2) is 0 Å². The van der Waals surface area contributed by atoms with E-state index in [4.69, 9.17) is 0 Å². The summed E-state index contributed by atoms with van der Waals surface area (Å²) in [6.07, 6.45) is 5.91. The van der Waals surface area contributed by atoms with Crippen molar-refractivity contribution >= 4 is 17.3 Å². The van der Waals surface area contributed by atoms with E-state index in [-0.39, 0.29) is 40.2 Å². The second-order valence-electron chi connectivity index (χ2n) is 9.72. The highest BCUT2D eigenvalue weighted by Gasteiger charge is 2.85. The topological polar surface area (TPSA) is 91.7 Å². The summed E-state index contributed by atoms with van der Waals surface area (Å²) in [5.41, 5.74) is -1.25. The predicted molar refractivity (Wildman–Crippen MR) is 92.0 cm³/mol. The lowest BCUT2D eigenvalue weighted by Crippen LogP contribution is -2.57. The minimum absolute atomic E-state index is 0.156. The van der Waals surface area contributed by atoms with Crippen LogP contribution in [0.1, 0.15) is 52.4 Å². The van der Waals surface area contributed by atoms with Crippen LogP contribution in [0.3, 0.4) is 0 Å². The molecule has 5 rings (SSSR count). The van der Waals surface area contributed by atoms with E-state index in [1.807, 2.05) is 6.92 Å². The maximum Gasteiger partial charge on any atom is 0.221 e. The Labute approximate surface area is 152 Å². The first-order valence-electron chi connectivity index (χ1n) is 9.84. The molecule has 0 aliphatic heterocycles. The molecule has 5 nitrogen and oxygen atoms in total. The van der Waals surface area contributed by atoms with Crippen LogP contribution < -0.4 is 0 Å². The Balaban J connectivity index is 1.59. The van der Waals surface area contributed by atoms with Crippen LogP contribution >= 0.6 is 0 Å². The van der Waals surface area contributed by atoms with Crippen molar-refractivity contribution in [3.05, 3.63) is 11.6 Å². The fourth-order valence-corrected chi connectivity index (χ4v) is 8.24. The number of Topliss-reactive ketones (excluding diaryl/α,β-unsaturated/α-hetero) is 2. The molecule has 0 aromatic rings. The van der Waals surface area contributed by atoms with E-state index >= 15 is 0 Å². The number of aliphatic hydroxyl groups excluding tert-OH is 1. The van der Waals surface area contributed by atoms with E-state index in [1.165, 1.54) is 0 Å². The number of hydrogen-bond acceptors (Lipinski definition) is 5. The van der Waals surface area contributed by atoms with Gasteiger partial charge in [-0.2, -0.15) is 0 Å². The number of rotatable bonds is 2. The average Bonchev–Trinajstić information content (AvgIpc) is 3.07. The number of aliphatic hydroxyl groups is 2. The lowest BCUT2D eigenvalue weighted by atomic mass is 9.50. The van der Waals surface area contributed by atoms with Gasteiger partial charge in [0.1, 0.15) is 12.2 Å². The molecule has 2 N–H and O–H groups in total. The van der Waals surface area contributed by atoms with E-state index in [0.29, 0.717) is 12.8 Å². The zero-order chi connectivity index (χ0) is 18.7. The lowest BCUT2D eigenvalue weighted by Gasteiger charge is -2.54. The Morgan fingerprint density at radius 1 is 1.15 bits per heavy atom. The van der Waals surface area contributed by atoms with Crippen LogP contribution in [-0.2, 0) is 14.4 Å². The quantitative estimate of drug-likeness (QED) is 0.732. The molecule has 0 radical (unpaired) electrons. The molecule has 1 spiro atoms. The number of ketones is 3. The molecule has 5 aliphatic rings. The van der Waals surface area contributed by atoms with Gasteiger partial charge in [0.2, 0.25) is 11.6 Å². The fourth-order valence-electron chi connectivity index (χ4n) is 8.24. The van der Waals surface area contributed by atoms with E-state index < -0.39 is 23.4 Å². The van der Waals surface area contributed by atoms with Crippen molar-refractivity contribution in [3.8, 4) is 0 Å². The molecular formula is C21H26O5. The van der Waals surface area contributed by atoms with Crippen molar-refractivity contribution in [1.29, 1.82) is 0 Å². The highest BCUT2D eigenvalue weighted by atomic mass is 16.3. The first-order chi connectivity index (χ1) is 12.2. The molecule has 7 atom stereocenters. The second kappa shape index (κ2) is 4.56. The Hall–Kier alpha value is -1.33. The zero-order valence-corrected chi connectivity index (χ0v) is 15.4. The molecule has 0 saturated heterocycles. The van der Waals surface area contributed by atoms with Gasteiger partial charge in [0.15, 0.2) is 5.78 Å². The molecular weight excluding hydrogens is 332 g/mol. The number of carbonyl (C=O) groups excluding carboxylic acids is 3. The SMILES string of the molecule is C[C@]12CC[C@@]34C5C(=O)C(=O)C=C(CC[C@H]3[C@@H]1CC[C@]2(O)C(=O)CO)[C@]54C. The summed E-state index contributed by atoms with van der Waals surface area (Å²) in [4.78, 5) is 37.2. The molecule has 0 aromatic heterocycles. The normalized spacial score (nSPS) is 54.2. The molecule has 5 aliphatic carbocycles. The minimum Gasteiger partial charge on any atom is -0.388 e. The maximum absolute atomic E-state index is 12.7. The molecule has 4 saturated carbocycles.